The lowest BCUT2D eigenvalue weighted by atomic mass is 9.86. The standard InChI is InChI=1S/C12H22O4.2ClH/c1-3-5-6-7-8-10(12(15)16)9(4-2)11(13)14;;/h9-10H,3-8H2,1-2H3,(H,13,14)(H,15,16);2*1H. The minimum atomic E-state index is -0.995. The average molecular weight is 303 g/mol. The fourth-order valence-corrected chi connectivity index (χ4v) is 1.92. The maximum atomic E-state index is 11.0. The molecule has 6 heteroatoms. The van der Waals surface area contributed by atoms with Gasteiger partial charge in [-0.15, -0.1) is 24.8 Å². The normalized spacial score (nSPS) is 12.8. The van der Waals surface area contributed by atoms with Crippen molar-refractivity contribution in [3.8, 4) is 0 Å². The van der Waals surface area contributed by atoms with Gasteiger partial charge in [-0.2, -0.15) is 0 Å². The zero-order valence-corrected chi connectivity index (χ0v) is 12.6. The Morgan fingerprint density at radius 1 is 0.889 bits per heavy atom. The number of unbranched alkanes of at least 4 members (excludes halogenated alkanes) is 3. The lowest BCUT2D eigenvalue weighted by molar-refractivity contribution is -0.154. The van der Waals surface area contributed by atoms with Crippen LogP contribution in [0.2, 0.25) is 0 Å². The molecule has 0 heterocycles. The Morgan fingerprint density at radius 3 is 1.72 bits per heavy atom. The Balaban J connectivity index is -0.00000112. The molecular weight excluding hydrogens is 279 g/mol. The third-order valence-electron chi connectivity index (χ3n) is 2.93. The Morgan fingerprint density at radius 2 is 1.39 bits per heavy atom. The fourth-order valence-electron chi connectivity index (χ4n) is 1.92. The Labute approximate surface area is 121 Å². The van der Waals surface area contributed by atoms with Gasteiger partial charge in [-0.25, -0.2) is 0 Å². The number of aliphatic carboxylic acids is 2. The molecule has 0 saturated heterocycles. The van der Waals surface area contributed by atoms with Crippen LogP contribution in [0.3, 0.4) is 0 Å². The van der Waals surface area contributed by atoms with Crippen LogP contribution in [0.15, 0.2) is 0 Å². The summed E-state index contributed by atoms with van der Waals surface area (Å²) in [5.41, 5.74) is 0. The van der Waals surface area contributed by atoms with Crippen LogP contribution in [0.1, 0.15) is 52.4 Å². The summed E-state index contributed by atoms with van der Waals surface area (Å²) in [5.74, 6) is -3.46. The molecule has 0 aliphatic carbocycles. The van der Waals surface area contributed by atoms with Gasteiger partial charge in [-0.1, -0.05) is 39.5 Å². The third kappa shape index (κ3) is 8.59. The predicted octanol–water partition coefficient (Wildman–Crippen LogP) is 3.61. The summed E-state index contributed by atoms with van der Waals surface area (Å²) >= 11 is 0. The summed E-state index contributed by atoms with van der Waals surface area (Å²) in [6.07, 6.45) is 4.80. The molecule has 0 aliphatic rings. The van der Waals surface area contributed by atoms with Gasteiger partial charge in [0.25, 0.3) is 0 Å². The van der Waals surface area contributed by atoms with Crippen molar-refractivity contribution < 1.29 is 19.8 Å². The fraction of sp³-hybridized carbons (Fsp3) is 0.833. The molecule has 0 bridgehead atoms. The molecule has 0 spiro atoms. The van der Waals surface area contributed by atoms with Crippen LogP contribution >= 0.6 is 24.8 Å². The SMILES string of the molecule is CCCCCCC(C(=O)O)C(CC)C(=O)O.Cl.Cl. The van der Waals surface area contributed by atoms with Crippen molar-refractivity contribution in [1.82, 2.24) is 0 Å². The highest BCUT2D eigenvalue weighted by Gasteiger charge is 2.31. The summed E-state index contributed by atoms with van der Waals surface area (Å²) in [7, 11) is 0. The van der Waals surface area contributed by atoms with Crippen molar-refractivity contribution in [3.63, 3.8) is 0 Å². The number of carbonyl (C=O) groups is 2. The maximum absolute atomic E-state index is 11.0. The number of carboxylic acid groups (broad SMARTS) is 2. The van der Waals surface area contributed by atoms with E-state index in [1.807, 2.05) is 0 Å². The first-order valence-corrected chi connectivity index (χ1v) is 6.00. The van der Waals surface area contributed by atoms with Gasteiger partial charge in [0.05, 0.1) is 11.8 Å². The topological polar surface area (TPSA) is 74.6 Å². The molecule has 110 valence electrons. The number of halogens is 2. The summed E-state index contributed by atoms with van der Waals surface area (Å²) in [5, 5.41) is 17.9. The molecule has 0 fully saturated rings. The van der Waals surface area contributed by atoms with Crippen molar-refractivity contribution in [2.75, 3.05) is 0 Å². The Hall–Kier alpha value is -0.480. The van der Waals surface area contributed by atoms with Crippen molar-refractivity contribution in [3.05, 3.63) is 0 Å². The number of hydrogen-bond donors (Lipinski definition) is 2. The van der Waals surface area contributed by atoms with E-state index in [0.717, 1.165) is 25.7 Å². The van der Waals surface area contributed by atoms with Gasteiger partial charge in [-0.05, 0) is 12.8 Å². The quantitative estimate of drug-likeness (QED) is 0.638. The van der Waals surface area contributed by atoms with E-state index >= 15 is 0 Å². The van der Waals surface area contributed by atoms with E-state index in [1.54, 1.807) is 6.92 Å². The molecule has 4 nitrogen and oxygen atoms in total. The second kappa shape index (κ2) is 13.0. The summed E-state index contributed by atoms with van der Waals surface area (Å²) < 4.78 is 0. The predicted molar refractivity (Wildman–Crippen MR) is 75.8 cm³/mol. The van der Waals surface area contributed by atoms with Crippen molar-refractivity contribution in [2.24, 2.45) is 11.8 Å². The molecule has 2 unspecified atom stereocenters. The van der Waals surface area contributed by atoms with Gasteiger partial charge in [0.15, 0.2) is 0 Å². The first kappa shape index (κ1) is 22.7. The van der Waals surface area contributed by atoms with E-state index in [-0.39, 0.29) is 24.8 Å². The second-order valence-corrected chi connectivity index (χ2v) is 4.15. The molecular formula is C12H24Cl2O4. The number of rotatable bonds is 9. The summed E-state index contributed by atoms with van der Waals surface area (Å²) in [6.45, 7) is 3.81. The lowest BCUT2D eigenvalue weighted by Gasteiger charge is -2.18. The van der Waals surface area contributed by atoms with Crippen LogP contribution in [-0.2, 0) is 9.59 Å². The van der Waals surface area contributed by atoms with Gasteiger partial charge in [0, 0.05) is 0 Å². The molecule has 18 heavy (non-hydrogen) atoms. The molecule has 0 rings (SSSR count). The molecule has 0 aliphatic heterocycles. The second-order valence-electron chi connectivity index (χ2n) is 4.15. The largest absolute Gasteiger partial charge is 0.481 e. The molecule has 2 N–H and O–H groups in total. The zero-order chi connectivity index (χ0) is 12.6. The van der Waals surface area contributed by atoms with Crippen molar-refractivity contribution in [1.29, 1.82) is 0 Å². The Bertz CT molecular complexity index is 234. The van der Waals surface area contributed by atoms with Crippen LogP contribution < -0.4 is 0 Å². The van der Waals surface area contributed by atoms with E-state index in [0.29, 0.717) is 12.8 Å². The zero-order valence-electron chi connectivity index (χ0n) is 10.9. The molecule has 0 amide bonds. The van der Waals surface area contributed by atoms with Crippen LogP contribution in [0, 0.1) is 11.8 Å². The first-order valence-electron chi connectivity index (χ1n) is 6.00. The van der Waals surface area contributed by atoms with Crippen molar-refractivity contribution in [2.45, 2.75) is 52.4 Å². The maximum Gasteiger partial charge on any atom is 0.307 e. The monoisotopic (exact) mass is 302 g/mol. The van der Waals surface area contributed by atoms with Gasteiger partial charge in [0.2, 0.25) is 0 Å². The highest BCUT2D eigenvalue weighted by atomic mass is 35.5. The molecule has 0 radical (unpaired) electrons. The molecule has 0 saturated carbocycles. The van der Waals surface area contributed by atoms with E-state index in [9.17, 15) is 9.59 Å². The Kier molecular flexibility index (Phi) is 16.3. The summed E-state index contributed by atoms with van der Waals surface area (Å²) in [6, 6.07) is 0. The van der Waals surface area contributed by atoms with E-state index in [4.69, 9.17) is 10.2 Å². The first-order chi connectivity index (χ1) is 7.54. The summed E-state index contributed by atoms with van der Waals surface area (Å²) in [4.78, 5) is 21.9. The van der Waals surface area contributed by atoms with E-state index < -0.39 is 23.8 Å². The minimum Gasteiger partial charge on any atom is -0.481 e. The molecule has 2 atom stereocenters. The van der Waals surface area contributed by atoms with E-state index in [1.165, 1.54) is 0 Å². The molecule has 0 aromatic heterocycles. The van der Waals surface area contributed by atoms with Gasteiger partial charge in [0.1, 0.15) is 0 Å². The van der Waals surface area contributed by atoms with Crippen LogP contribution in [0.4, 0.5) is 0 Å². The van der Waals surface area contributed by atoms with Crippen molar-refractivity contribution >= 4 is 36.8 Å². The van der Waals surface area contributed by atoms with Crippen LogP contribution in [0.5, 0.6) is 0 Å². The third-order valence-corrected chi connectivity index (χ3v) is 2.93. The minimum absolute atomic E-state index is 0. The molecule has 0 aromatic rings. The van der Waals surface area contributed by atoms with Crippen LogP contribution in [0.25, 0.3) is 0 Å². The van der Waals surface area contributed by atoms with Gasteiger partial charge < -0.3 is 10.2 Å². The smallest absolute Gasteiger partial charge is 0.307 e. The van der Waals surface area contributed by atoms with E-state index in [2.05, 4.69) is 6.92 Å². The number of carboxylic acids is 2. The van der Waals surface area contributed by atoms with Gasteiger partial charge in [-0.3, -0.25) is 9.59 Å². The van der Waals surface area contributed by atoms with Gasteiger partial charge >= 0.3 is 11.9 Å². The highest BCUT2D eigenvalue weighted by Crippen LogP contribution is 2.23. The average Bonchev–Trinajstić information content (AvgIpc) is 2.21. The molecule has 0 aromatic carbocycles. The lowest BCUT2D eigenvalue weighted by Crippen LogP contribution is -2.29. The highest BCUT2D eigenvalue weighted by molar-refractivity contribution is 5.85. The number of hydrogen-bond acceptors (Lipinski definition) is 2. The van der Waals surface area contributed by atoms with Crippen LogP contribution in [-0.4, -0.2) is 22.2 Å².